The Balaban J connectivity index is 1.97. The molecule has 0 bridgehead atoms. The Kier molecular flexibility index (Phi) is 7.35. The lowest BCUT2D eigenvalue weighted by molar-refractivity contribution is -0.189. The third-order valence-corrected chi connectivity index (χ3v) is 6.36. The highest BCUT2D eigenvalue weighted by Gasteiger charge is 2.47. The SMILES string of the molecule is Cc1ccc([C@@H](C(=O)NC2CCCCC2)N(Cc2ccc(F)cc2)C(=O)C(F)(F)F)s1. The van der Waals surface area contributed by atoms with E-state index >= 15 is 0 Å². The second-order valence-corrected chi connectivity index (χ2v) is 9.07. The van der Waals surface area contributed by atoms with Crippen molar-refractivity contribution in [1.82, 2.24) is 10.2 Å². The van der Waals surface area contributed by atoms with Crippen molar-refractivity contribution in [3.05, 3.63) is 57.5 Å². The summed E-state index contributed by atoms with van der Waals surface area (Å²) in [6, 6.07) is 6.55. The van der Waals surface area contributed by atoms with Crippen LogP contribution in [0.1, 0.15) is 53.5 Å². The molecule has 1 atom stereocenters. The minimum absolute atomic E-state index is 0.126. The summed E-state index contributed by atoms with van der Waals surface area (Å²) < 4.78 is 53.7. The third kappa shape index (κ3) is 6.06. The molecule has 0 radical (unpaired) electrons. The molecule has 1 aromatic heterocycles. The monoisotopic (exact) mass is 456 g/mol. The zero-order chi connectivity index (χ0) is 22.6. The van der Waals surface area contributed by atoms with Gasteiger partial charge in [0.05, 0.1) is 0 Å². The number of nitrogens with zero attached hydrogens (tertiary/aromatic N) is 1. The van der Waals surface area contributed by atoms with Gasteiger partial charge in [0.1, 0.15) is 11.9 Å². The molecule has 1 aliphatic rings. The Hall–Kier alpha value is -2.42. The number of hydrogen-bond acceptors (Lipinski definition) is 3. The van der Waals surface area contributed by atoms with Gasteiger partial charge in [0.15, 0.2) is 0 Å². The van der Waals surface area contributed by atoms with Gasteiger partial charge in [0.2, 0.25) is 5.91 Å². The van der Waals surface area contributed by atoms with Crippen LogP contribution in [0.25, 0.3) is 0 Å². The summed E-state index contributed by atoms with van der Waals surface area (Å²) in [4.78, 5) is 27.3. The number of aryl methyl sites for hydroxylation is 1. The Bertz CT molecular complexity index is 905. The van der Waals surface area contributed by atoms with E-state index in [2.05, 4.69) is 5.32 Å². The number of carbonyl (C=O) groups excluding carboxylic acids is 2. The fourth-order valence-corrected chi connectivity index (χ4v) is 4.77. The van der Waals surface area contributed by atoms with E-state index in [4.69, 9.17) is 0 Å². The molecule has 1 fully saturated rings. The molecule has 9 heteroatoms. The molecule has 0 unspecified atom stereocenters. The molecule has 0 saturated heterocycles. The summed E-state index contributed by atoms with van der Waals surface area (Å²) in [5.74, 6) is -3.28. The molecule has 2 amide bonds. The van der Waals surface area contributed by atoms with E-state index < -0.39 is 36.4 Å². The maximum atomic E-state index is 13.5. The summed E-state index contributed by atoms with van der Waals surface area (Å²) in [5, 5.41) is 2.85. The Labute approximate surface area is 182 Å². The average molecular weight is 457 g/mol. The molecule has 2 aromatic rings. The summed E-state index contributed by atoms with van der Waals surface area (Å²) in [5.41, 5.74) is 0.294. The van der Waals surface area contributed by atoms with Crippen molar-refractivity contribution >= 4 is 23.2 Å². The lowest BCUT2D eigenvalue weighted by atomic mass is 9.95. The van der Waals surface area contributed by atoms with Gasteiger partial charge in [0, 0.05) is 22.3 Å². The van der Waals surface area contributed by atoms with Crippen LogP contribution in [0.3, 0.4) is 0 Å². The Morgan fingerprint density at radius 3 is 2.29 bits per heavy atom. The van der Waals surface area contributed by atoms with E-state index in [0.29, 0.717) is 15.3 Å². The van der Waals surface area contributed by atoms with Crippen LogP contribution in [0.4, 0.5) is 17.6 Å². The van der Waals surface area contributed by atoms with Crippen LogP contribution >= 0.6 is 11.3 Å². The summed E-state index contributed by atoms with van der Waals surface area (Å²) in [6.45, 7) is 1.30. The quantitative estimate of drug-likeness (QED) is 0.602. The first kappa shape index (κ1) is 23.2. The van der Waals surface area contributed by atoms with Crippen molar-refractivity contribution < 1.29 is 27.2 Å². The molecule has 3 rings (SSSR count). The first-order valence-corrected chi connectivity index (χ1v) is 11.0. The van der Waals surface area contributed by atoms with Gasteiger partial charge in [-0.1, -0.05) is 31.4 Å². The number of halogens is 4. The predicted octanol–water partition coefficient (Wildman–Crippen LogP) is 5.28. The minimum Gasteiger partial charge on any atom is -0.351 e. The summed E-state index contributed by atoms with van der Waals surface area (Å²) >= 11 is 1.17. The fourth-order valence-electron chi connectivity index (χ4n) is 3.78. The normalized spacial score (nSPS) is 16.0. The molecule has 1 aliphatic carbocycles. The topological polar surface area (TPSA) is 49.4 Å². The van der Waals surface area contributed by atoms with Crippen LogP contribution in [0.15, 0.2) is 36.4 Å². The van der Waals surface area contributed by atoms with Gasteiger partial charge in [-0.05, 0) is 49.6 Å². The Morgan fingerprint density at radius 1 is 1.10 bits per heavy atom. The highest BCUT2D eigenvalue weighted by molar-refractivity contribution is 7.12. The molecular weight excluding hydrogens is 432 g/mol. The van der Waals surface area contributed by atoms with Gasteiger partial charge < -0.3 is 10.2 Å². The van der Waals surface area contributed by atoms with Gasteiger partial charge in [-0.2, -0.15) is 13.2 Å². The van der Waals surface area contributed by atoms with Gasteiger partial charge in [0.25, 0.3) is 0 Å². The van der Waals surface area contributed by atoms with Gasteiger partial charge in [-0.25, -0.2) is 4.39 Å². The number of alkyl halides is 3. The number of amides is 2. The van der Waals surface area contributed by atoms with Crippen LogP contribution in [0, 0.1) is 12.7 Å². The number of benzene rings is 1. The fraction of sp³-hybridized carbons (Fsp3) is 0.455. The van der Waals surface area contributed by atoms with E-state index in [0.717, 1.165) is 49.1 Å². The van der Waals surface area contributed by atoms with Crippen molar-refractivity contribution in [1.29, 1.82) is 0 Å². The molecule has 31 heavy (non-hydrogen) atoms. The van der Waals surface area contributed by atoms with E-state index in [1.54, 1.807) is 19.1 Å². The maximum Gasteiger partial charge on any atom is 0.471 e. The van der Waals surface area contributed by atoms with Gasteiger partial charge in [-0.15, -0.1) is 11.3 Å². The summed E-state index contributed by atoms with van der Waals surface area (Å²) in [6.07, 6.45) is -0.706. The first-order chi connectivity index (χ1) is 14.6. The van der Waals surface area contributed by atoms with Crippen LogP contribution in [-0.4, -0.2) is 28.9 Å². The smallest absolute Gasteiger partial charge is 0.351 e. The Morgan fingerprint density at radius 2 is 1.74 bits per heavy atom. The molecule has 1 N–H and O–H groups in total. The first-order valence-electron chi connectivity index (χ1n) is 10.1. The second-order valence-electron chi connectivity index (χ2n) is 7.75. The van der Waals surface area contributed by atoms with Crippen LogP contribution in [0.2, 0.25) is 0 Å². The zero-order valence-electron chi connectivity index (χ0n) is 17.0. The van der Waals surface area contributed by atoms with Crippen LogP contribution in [0.5, 0.6) is 0 Å². The van der Waals surface area contributed by atoms with Crippen molar-refractivity contribution in [2.24, 2.45) is 0 Å². The molecule has 1 aromatic carbocycles. The van der Waals surface area contributed by atoms with E-state index in [-0.39, 0.29) is 6.04 Å². The minimum atomic E-state index is -5.16. The molecular formula is C22H24F4N2O2S. The standard InChI is InChI=1S/C22H24F4N2O2S/c1-14-7-12-18(31-14)19(20(29)27-17-5-3-2-4-6-17)28(21(30)22(24,25)26)13-15-8-10-16(23)11-9-15/h7-12,17,19H,2-6,13H2,1H3,(H,27,29)/t19-/m0/s1. The van der Waals surface area contributed by atoms with Crippen LogP contribution < -0.4 is 5.32 Å². The number of carbonyl (C=O) groups is 2. The number of rotatable bonds is 6. The van der Waals surface area contributed by atoms with Crippen molar-refractivity contribution in [2.75, 3.05) is 0 Å². The number of thiophene rings is 1. The van der Waals surface area contributed by atoms with Gasteiger partial charge >= 0.3 is 12.1 Å². The molecule has 1 heterocycles. The predicted molar refractivity (Wildman–Crippen MR) is 110 cm³/mol. The van der Waals surface area contributed by atoms with Gasteiger partial charge in [-0.3, -0.25) is 9.59 Å². The molecule has 1 saturated carbocycles. The highest BCUT2D eigenvalue weighted by Crippen LogP contribution is 2.33. The van der Waals surface area contributed by atoms with Crippen LogP contribution in [-0.2, 0) is 16.1 Å². The average Bonchev–Trinajstić information content (AvgIpc) is 3.14. The lowest BCUT2D eigenvalue weighted by Crippen LogP contribution is -2.49. The van der Waals surface area contributed by atoms with E-state index in [9.17, 15) is 27.2 Å². The highest BCUT2D eigenvalue weighted by atomic mass is 32.1. The lowest BCUT2D eigenvalue weighted by Gasteiger charge is -2.33. The van der Waals surface area contributed by atoms with Crippen molar-refractivity contribution in [3.8, 4) is 0 Å². The van der Waals surface area contributed by atoms with Crippen molar-refractivity contribution in [2.45, 2.75) is 63.8 Å². The molecule has 0 aliphatic heterocycles. The largest absolute Gasteiger partial charge is 0.471 e. The third-order valence-electron chi connectivity index (χ3n) is 5.31. The molecule has 4 nitrogen and oxygen atoms in total. The van der Waals surface area contributed by atoms with Crippen molar-refractivity contribution in [3.63, 3.8) is 0 Å². The zero-order valence-corrected chi connectivity index (χ0v) is 17.9. The van der Waals surface area contributed by atoms with E-state index in [1.807, 2.05) is 0 Å². The molecule has 0 spiro atoms. The summed E-state index contributed by atoms with van der Waals surface area (Å²) in [7, 11) is 0. The number of hydrogen-bond donors (Lipinski definition) is 1. The van der Waals surface area contributed by atoms with E-state index in [1.165, 1.54) is 23.5 Å². The second kappa shape index (κ2) is 9.80. The number of nitrogens with one attached hydrogen (secondary N) is 1. The molecule has 168 valence electrons. The maximum absolute atomic E-state index is 13.5.